The number of nitrogens with zero attached hydrogens (tertiary/aromatic N) is 2. The molecule has 30 heavy (non-hydrogen) atoms. The van der Waals surface area contributed by atoms with Gasteiger partial charge in [0.05, 0.1) is 17.9 Å². The second-order valence-corrected chi connectivity index (χ2v) is 8.24. The van der Waals surface area contributed by atoms with E-state index >= 15 is 0 Å². The van der Waals surface area contributed by atoms with Gasteiger partial charge in [-0.25, -0.2) is 4.99 Å². The smallest absolute Gasteiger partial charge is 0.193 e. The molecule has 0 spiro atoms. The molecule has 0 atom stereocenters. The SMILES string of the molecule is NC(=NCc1cnc(-c2ccc(Cl)cc2)c(-c2ccc(Cl)cc2)c1)Nc1ccsc1. The Morgan fingerprint density at radius 1 is 0.967 bits per heavy atom. The van der Waals surface area contributed by atoms with Gasteiger partial charge in [0.25, 0.3) is 0 Å². The number of nitrogens with one attached hydrogen (secondary N) is 1. The van der Waals surface area contributed by atoms with Gasteiger partial charge in [0.1, 0.15) is 0 Å². The zero-order valence-electron chi connectivity index (χ0n) is 15.8. The molecule has 150 valence electrons. The van der Waals surface area contributed by atoms with Crippen LogP contribution in [0.4, 0.5) is 5.69 Å². The van der Waals surface area contributed by atoms with Gasteiger partial charge in [0.2, 0.25) is 0 Å². The van der Waals surface area contributed by atoms with Crippen LogP contribution >= 0.6 is 34.5 Å². The molecule has 0 amide bonds. The summed E-state index contributed by atoms with van der Waals surface area (Å²) in [5.41, 5.74) is 11.8. The van der Waals surface area contributed by atoms with Crippen LogP contribution in [0.5, 0.6) is 0 Å². The number of thiophene rings is 1. The molecule has 7 heteroatoms. The Kier molecular flexibility index (Phi) is 6.33. The quantitative estimate of drug-likeness (QED) is 0.261. The van der Waals surface area contributed by atoms with Gasteiger partial charge in [0, 0.05) is 32.7 Å². The third-order valence-corrected chi connectivity index (χ3v) is 5.63. The topological polar surface area (TPSA) is 63.3 Å². The van der Waals surface area contributed by atoms with Crippen LogP contribution in [0.3, 0.4) is 0 Å². The Bertz CT molecular complexity index is 1160. The van der Waals surface area contributed by atoms with E-state index in [1.807, 2.05) is 71.6 Å². The van der Waals surface area contributed by atoms with E-state index in [9.17, 15) is 0 Å². The van der Waals surface area contributed by atoms with Crippen molar-refractivity contribution in [2.24, 2.45) is 10.7 Å². The van der Waals surface area contributed by atoms with Crippen LogP contribution in [0.1, 0.15) is 5.56 Å². The van der Waals surface area contributed by atoms with Crippen molar-refractivity contribution in [3.8, 4) is 22.4 Å². The lowest BCUT2D eigenvalue weighted by Gasteiger charge is -2.12. The fraction of sp³-hybridized carbons (Fsp3) is 0.0435. The summed E-state index contributed by atoms with van der Waals surface area (Å²) in [6, 6.07) is 19.4. The van der Waals surface area contributed by atoms with Crippen LogP contribution in [0, 0.1) is 0 Å². The minimum atomic E-state index is 0.364. The molecule has 0 aliphatic heterocycles. The predicted molar refractivity (Wildman–Crippen MR) is 128 cm³/mol. The molecule has 4 nitrogen and oxygen atoms in total. The van der Waals surface area contributed by atoms with Gasteiger partial charge in [0.15, 0.2) is 5.96 Å². The maximum absolute atomic E-state index is 6.08. The summed E-state index contributed by atoms with van der Waals surface area (Å²) in [5.74, 6) is 0.364. The van der Waals surface area contributed by atoms with Crippen LogP contribution in [0.2, 0.25) is 10.0 Å². The number of hydrogen-bond donors (Lipinski definition) is 2. The zero-order chi connectivity index (χ0) is 20.9. The van der Waals surface area contributed by atoms with E-state index < -0.39 is 0 Å². The number of hydrogen-bond acceptors (Lipinski definition) is 3. The molecule has 0 saturated heterocycles. The Hall–Kier alpha value is -2.86. The van der Waals surface area contributed by atoms with Gasteiger partial charge in [-0.15, -0.1) is 0 Å². The summed E-state index contributed by atoms with van der Waals surface area (Å²) in [7, 11) is 0. The van der Waals surface area contributed by atoms with Crippen molar-refractivity contribution in [1.29, 1.82) is 0 Å². The van der Waals surface area contributed by atoms with Gasteiger partial charge in [-0.05, 0) is 52.9 Å². The number of nitrogens with two attached hydrogens (primary N) is 1. The highest BCUT2D eigenvalue weighted by Crippen LogP contribution is 2.32. The van der Waals surface area contributed by atoms with E-state index in [1.165, 1.54) is 0 Å². The third-order valence-electron chi connectivity index (χ3n) is 4.44. The van der Waals surface area contributed by atoms with E-state index in [0.29, 0.717) is 22.5 Å². The average Bonchev–Trinajstić information content (AvgIpc) is 3.26. The van der Waals surface area contributed by atoms with Crippen molar-refractivity contribution in [2.75, 3.05) is 5.32 Å². The lowest BCUT2D eigenvalue weighted by molar-refractivity contribution is 1.04. The molecule has 2 aromatic carbocycles. The largest absolute Gasteiger partial charge is 0.370 e. The Morgan fingerprint density at radius 3 is 2.27 bits per heavy atom. The summed E-state index contributed by atoms with van der Waals surface area (Å²) in [6.07, 6.45) is 1.82. The number of anilines is 1. The van der Waals surface area contributed by atoms with Crippen LogP contribution in [0.15, 0.2) is 82.6 Å². The molecular formula is C23H18Cl2N4S. The normalized spacial score (nSPS) is 11.5. The second kappa shape index (κ2) is 9.30. The molecule has 0 aliphatic carbocycles. The fourth-order valence-corrected chi connectivity index (χ4v) is 3.82. The number of halogens is 2. The minimum Gasteiger partial charge on any atom is -0.370 e. The number of benzene rings is 2. The molecule has 3 N–H and O–H groups in total. The fourth-order valence-electron chi connectivity index (χ4n) is 2.98. The lowest BCUT2D eigenvalue weighted by Crippen LogP contribution is -2.22. The highest BCUT2D eigenvalue weighted by Gasteiger charge is 2.11. The number of rotatable bonds is 5. The molecule has 2 aromatic heterocycles. The third kappa shape index (κ3) is 5.00. The van der Waals surface area contributed by atoms with Gasteiger partial charge >= 0.3 is 0 Å². The summed E-state index contributed by atoms with van der Waals surface area (Å²) >= 11 is 13.7. The van der Waals surface area contributed by atoms with Gasteiger partial charge in [-0.1, -0.05) is 47.5 Å². The Balaban J connectivity index is 1.67. The molecule has 4 rings (SSSR count). The van der Waals surface area contributed by atoms with Crippen LogP contribution in [-0.4, -0.2) is 10.9 Å². The monoisotopic (exact) mass is 452 g/mol. The Morgan fingerprint density at radius 2 is 1.63 bits per heavy atom. The number of pyridine rings is 1. The molecule has 0 unspecified atom stereocenters. The van der Waals surface area contributed by atoms with Gasteiger partial charge in [-0.3, -0.25) is 4.98 Å². The van der Waals surface area contributed by atoms with E-state index in [-0.39, 0.29) is 0 Å². The molecule has 0 saturated carbocycles. The van der Waals surface area contributed by atoms with E-state index in [4.69, 9.17) is 33.9 Å². The summed E-state index contributed by atoms with van der Waals surface area (Å²) < 4.78 is 0. The number of guanidine groups is 1. The van der Waals surface area contributed by atoms with E-state index in [2.05, 4.69) is 16.4 Å². The number of aromatic nitrogens is 1. The van der Waals surface area contributed by atoms with Crippen molar-refractivity contribution >= 4 is 46.2 Å². The van der Waals surface area contributed by atoms with Crippen molar-refractivity contribution in [1.82, 2.24) is 4.98 Å². The van der Waals surface area contributed by atoms with Crippen LogP contribution < -0.4 is 11.1 Å². The van der Waals surface area contributed by atoms with Crippen LogP contribution in [0.25, 0.3) is 22.4 Å². The Labute approximate surface area is 189 Å². The van der Waals surface area contributed by atoms with Gasteiger partial charge < -0.3 is 11.1 Å². The van der Waals surface area contributed by atoms with Crippen molar-refractivity contribution in [3.05, 3.63) is 93.2 Å². The first-order chi connectivity index (χ1) is 14.6. The second-order valence-electron chi connectivity index (χ2n) is 6.59. The molecule has 2 heterocycles. The molecule has 0 radical (unpaired) electrons. The highest BCUT2D eigenvalue weighted by molar-refractivity contribution is 7.08. The maximum atomic E-state index is 6.08. The first kappa shape index (κ1) is 20.4. The highest BCUT2D eigenvalue weighted by atomic mass is 35.5. The summed E-state index contributed by atoms with van der Waals surface area (Å²) in [6.45, 7) is 0.414. The molecule has 0 bridgehead atoms. The molecule has 4 aromatic rings. The lowest BCUT2D eigenvalue weighted by atomic mass is 9.98. The minimum absolute atomic E-state index is 0.364. The van der Waals surface area contributed by atoms with Crippen LogP contribution in [-0.2, 0) is 6.54 Å². The maximum Gasteiger partial charge on any atom is 0.193 e. The van der Waals surface area contributed by atoms with Crippen molar-refractivity contribution in [3.63, 3.8) is 0 Å². The van der Waals surface area contributed by atoms with Gasteiger partial charge in [-0.2, -0.15) is 11.3 Å². The zero-order valence-corrected chi connectivity index (χ0v) is 18.2. The first-order valence-corrected chi connectivity index (χ1v) is 10.9. The van der Waals surface area contributed by atoms with E-state index in [1.54, 1.807) is 11.3 Å². The summed E-state index contributed by atoms with van der Waals surface area (Å²) in [5, 5.41) is 8.41. The van der Waals surface area contributed by atoms with Crippen molar-refractivity contribution in [2.45, 2.75) is 6.54 Å². The number of aliphatic imine (C=N–C) groups is 1. The standard InChI is InChI=1S/C23H18Cl2N4S/c24-18-5-1-16(2-6-18)21-11-15(13-28-23(26)29-20-9-10-30-14-20)12-27-22(21)17-3-7-19(25)8-4-17/h1-12,14H,13H2,(H3,26,28,29). The molecule has 0 fully saturated rings. The summed E-state index contributed by atoms with van der Waals surface area (Å²) in [4.78, 5) is 9.17. The first-order valence-electron chi connectivity index (χ1n) is 9.18. The van der Waals surface area contributed by atoms with E-state index in [0.717, 1.165) is 33.6 Å². The average molecular weight is 453 g/mol. The molecule has 0 aliphatic rings. The predicted octanol–water partition coefficient (Wildman–Crippen LogP) is 6.71. The van der Waals surface area contributed by atoms with Crippen molar-refractivity contribution < 1.29 is 0 Å². The molecular weight excluding hydrogens is 435 g/mol.